The maximum atomic E-state index is 4.49. The van der Waals surface area contributed by atoms with Crippen LogP contribution in [0.4, 0.5) is 0 Å². The van der Waals surface area contributed by atoms with Crippen molar-refractivity contribution in [3.63, 3.8) is 0 Å². The Morgan fingerprint density at radius 1 is 0.528 bits per heavy atom. The summed E-state index contributed by atoms with van der Waals surface area (Å²) in [6.07, 6.45) is 1.82. The van der Waals surface area contributed by atoms with Gasteiger partial charge in [-0.15, -0.1) is 46.7 Å². The van der Waals surface area contributed by atoms with Gasteiger partial charge < -0.3 is 4.98 Å². The molecule has 0 N–H and O–H groups in total. The number of aromatic nitrogens is 1. The van der Waals surface area contributed by atoms with Crippen LogP contribution < -0.4 is 0 Å². The first kappa shape index (κ1) is 24.1. The van der Waals surface area contributed by atoms with E-state index in [9.17, 15) is 0 Å². The molecule has 0 saturated heterocycles. The summed E-state index contributed by atoms with van der Waals surface area (Å²) < 4.78 is 0. The number of hydrogen-bond donors (Lipinski definition) is 0. The van der Waals surface area contributed by atoms with E-state index in [4.69, 9.17) is 0 Å². The summed E-state index contributed by atoms with van der Waals surface area (Å²) in [5, 5.41) is 2.14. The summed E-state index contributed by atoms with van der Waals surface area (Å²) in [6.45, 7) is 0. The number of benzene rings is 4. The number of pyridine rings is 1. The molecule has 0 bridgehead atoms. The summed E-state index contributed by atoms with van der Waals surface area (Å²) in [7, 11) is 0. The minimum atomic E-state index is 0. The monoisotopic (exact) mass is 657 g/mol. The summed E-state index contributed by atoms with van der Waals surface area (Å²) in [4.78, 5) is 5.77. The van der Waals surface area contributed by atoms with Crippen LogP contribution >= 0.6 is 11.3 Å². The SMILES string of the molecule is [Ir].[c-]1ccc(-c2cccc(-c3cc(-c4ccccc4)cc(-c4cccs4)c3)c2)cc1-c1ccccn1. The van der Waals surface area contributed by atoms with E-state index < -0.39 is 0 Å². The first-order chi connectivity index (χ1) is 17.3. The van der Waals surface area contributed by atoms with Crippen LogP contribution in [0.5, 0.6) is 0 Å². The van der Waals surface area contributed by atoms with Crippen molar-refractivity contribution in [3.8, 4) is 55.1 Å². The molecule has 2 heterocycles. The first-order valence-electron chi connectivity index (χ1n) is 11.6. The van der Waals surface area contributed by atoms with E-state index in [1.807, 2.05) is 30.5 Å². The van der Waals surface area contributed by atoms with Crippen LogP contribution in [0.1, 0.15) is 0 Å². The second-order valence-electron chi connectivity index (χ2n) is 8.43. The third-order valence-corrected chi connectivity index (χ3v) is 7.04. The predicted molar refractivity (Wildman–Crippen MR) is 148 cm³/mol. The Balaban J connectivity index is 0.00000267. The van der Waals surface area contributed by atoms with Crippen molar-refractivity contribution in [1.82, 2.24) is 4.98 Å². The average molecular weight is 657 g/mol. The van der Waals surface area contributed by atoms with Crippen molar-refractivity contribution in [2.75, 3.05) is 0 Å². The van der Waals surface area contributed by atoms with Crippen molar-refractivity contribution in [1.29, 1.82) is 0 Å². The van der Waals surface area contributed by atoms with Gasteiger partial charge in [0, 0.05) is 31.2 Å². The summed E-state index contributed by atoms with van der Waals surface area (Å²) >= 11 is 1.77. The summed E-state index contributed by atoms with van der Waals surface area (Å²) in [5.74, 6) is 0. The Hall–Kier alpha value is -3.62. The van der Waals surface area contributed by atoms with Crippen LogP contribution in [-0.2, 0) is 20.1 Å². The van der Waals surface area contributed by atoms with E-state index in [-0.39, 0.29) is 20.1 Å². The van der Waals surface area contributed by atoms with Gasteiger partial charge in [-0.25, -0.2) is 0 Å². The van der Waals surface area contributed by atoms with Gasteiger partial charge in [-0.05, 0) is 80.9 Å². The van der Waals surface area contributed by atoms with Gasteiger partial charge in [-0.2, -0.15) is 0 Å². The molecular weight excluding hydrogens is 635 g/mol. The molecule has 6 aromatic rings. The molecule has 0 amide bonds. The zero-order chi connectivity index (χ0) is 23.5. The molecule has 0 aliphatic heterocycles. The van der Waals surface area contributed by atoms with E-state index in [1.54, 1.807) is 11.3 Å². The zero-order valence-electron chi connectivity index (χ0n) is 19.4. The van der Waals surface area contributed by atoms with E-state index in [2.05, 4.69) is 113 Å². The minimum Gasteiger partial charge on any atom is -0.305 e. The number of thiophene rings is 1. The Kier molecular flexibility index (Phi) is 7.34. The molecule has 1 radical (unpaired) electrons. The van der Waals surface area contributed by atoms with Crippen molar-refractivity contribution >= 4 is 11.3 Å². The molecule has 1 nitrogen and oxygen atoms in total. The molecule has 4 aromatic carbocycles. The van der Waals surface area contributed by atoms with Crippen molar-refractivity contribution in [2.24, 2.45) is 0 Å². The van der Waals surface area contributed by atoms with Crippen LogP contribution in [0, 0.1) is 6.07 Å². The second-order valence-corrected chi connectivity index (χ2v) is 9.38. The summed E-state index contributed by atoms with van der Waals surface area (Å²) in [5.41, 5.74) is 10.4. The Morgan fingerprint density at radius 3 is 1.94 bits per heavy atom. The zero-order valence-corrected chi connectivity index (χ0v) is 22.6. The van der Waals surface area contributed by atoms with E-state index >= 15 is 0 Å². The normalized spacial score (nSPS) is 10.6. The van der Waals surface area contributed by atoms with Gasteiger partial charge in [-0.1, -0.05) is 66.7 Å². The molecule has 175 valence electrons. The van der Waals surface area contributed by atoms with Gasteiger partial charge in [0.2, 0.25) is 0 Å². The largest absolute Gasteiger partial charge is 0.305 e. The molecular formula is C33H22IrNS-. The molecule has 0 fully saturated rings. The van der Waals surface area contributed by atoms with Crippen molar-refractivity contribution in [3.05, 3.63) is 139 Å². The fourth-order valence-electron chi connectivity index (χ4n) is 4.37. The molecule has 3 heteroatoms. The molecule has 0 unspecified atom stereocenters. The first-order valence-corrected chi connectivity index (χ1v) is 12.5. The molecule has 0 saturated carbocycles. The Bertz CT molecular complexity index is 1580. The van der Waals surface area contributed by atoms with Gasteiger partial charge in [0.05, 0.1) is 0 Å². The van der Waals surface area contributed by atoms with Crippen LogP contribution in [-0.4, -0.2) is 4.98 Å². The van der Waals surface area contributed by atoms with E-state index in [1.165, 1.54) is 38.3 Å². The third-order valence-electron chi connectivity index (χ3n) is 6.12. The van der Waals surface area contributed by atoms with Crippen LogP contribution in [0.3, 0.4) is 0 Å². The molecule has 2 aromatic heterocycles. The number of rotatable bonds is 5. The predicted octanol–water partition coefficient (Wildman–Crippen LogP) is 9.28. The molecule has 6 rings (SSSR count). The van der Waals surface area contributed by atoms with E-state index in [0.29, 0.717) is 0 Å². The molecule has 36 heavy (non-hydrogen) atoms. The van der Waals surface area contributed by atoms with Gasteiger partial charge >= 0.3 is 0 Å². The quantitative estimate of drug-likeness (QED) is 0.169. The van der Waals surface area contributed by atoms with Crippen LogP contribution in [0.25, 0.3) is 55.1 Å². The van der Waals surface area contributed by atoms with E-state index in [0.717, 1.165) is 16.8 Å². The van der Waals surface area contributed by atoms with Gasteiger partial charge in [0.25, 0.3) is 0 Å². The van der Waals surface area contributed by atoms with Gasteiger partial charge in [0.15, 0.2) is 0 Å². The smallest absolute Gasteiger partial charge is 0.0343 e. The second kappa shape index (κ2) is 11.0. The maximum absolute atomic E-state index is 4.49. The maximum Gasteiger partial charge on any atom is 0.0343 e. The van der Waals surface area contributed by atoms with Crippen molar-refractivity contribution in [2.45, 2.75) is 0 Å². The topological polar surface area (TPSA) is 12.9 Å². The van der Waals surface area contributed by atoms with Crippen LogP contribution in [0.15, 0.2) is 133 Å². The van der Waals surface area contributed by atoms with Gasteiger partial charge in [-0.3, -0.25) is 0 Å². The van der Waals surface area contributed by atoms with Crippen LogP contribution in [0.2, 0.25) is 0 Å². The molecule has 0 atom stereocenters. The number of hydrogen-bond acceptors (Lipinski definition) is 2. The summed E-state index contributed by atoms with van der Waals surface area (Å²) in [6, 6.07) is 46.1. The standard InChI is InChI=1S/C33H22NS.Ir/c1-2-9-24(10-3-1)29-21-30(23-31(22-29)33-16-8-18-35-33)27-13-6-11-25(19-27)26-12-7-14-28(20-26)32-15-4-5-17-34-32;/h1-13,15-23H;/q-1;. The minimum absolute atomic E-state index is 0. The van der Waals surface area contributed by atoms with Crippen molar-refractivity contribution < 1.29 is 20.1 Å². The Morgan fingerprint density at radius 2 is 1.19 bits per heavy atom. The molecule has 0 aliphatic rings. The molecule has 0 aliphatic carbocycles. The third kappa shape index (κ3) is 5.15. The fraction of sp³-hybridized carbons (Fsp3) is 0. The Labute approximate surface area is 229 Å². The van der Waals surface area contributed by atoms with Gasteiger partial charge in [0.1, 0.15) is 0 Å². The molecule has 0 spiro atoms. The number of nitrogens with zero attached hydrogens (tertiary/aromatic N) is 1. The average Bonchev–Trinajstić information content (AvgIpc) is 3.49. The fourth-order valence-corrected chi connectivity index (χ4v) is 5.09.